The first kappa shape index (κ1) is 13.9. The molecule has 0 saturated heterocycles. The molecule has 1 fully saturated rings. The Bertz CT molecular complexity index is 167. The fourth-order valence-corrected chi connectivity index (χ4v) is 2.38. The molecular weight excluding hydrogens is 202 g/mol. The van der Waals surface area contributed by atoms with Gasteiger partial charge in [0.25, 0.3) is 0 Å². The number of aliphatic hydroxyl groups excluding tert-OH is 1. The van der Waals surface area contributed by atoms with Crippen LogP contribution in [0.3, 0.4) is 0 Å². The van der Waals surface area contributed by atoms with Gasteiger partial charge in [-0.2, -0.15) is 0 Å². The molecule has 0 heterocycles. The van der Waals surface area contributed by atoms with Crippen molar-refractivity contribution in [3.8, 4) is 0 Å². The van der Waals surface area contributed by atoms with Gasteiger partial charge in [0.05, 0.1) is 12.7 Å². The van der Waals surface area contributed by atoms with Crippen LogP contribution in [0.4, 0.5) is 0 Å². The van der Waals surface area contributed by atoms with E-state index in [1.54, 1.807) is 7.11 Å². The topological polar surface area (TPSA) is 41.5 Å². The van der Waals surface area contributed by atoms with Crippen molar-refractivity contribution >= 4 is 0 Å². The van der Waals surface area contributed by atoms with E-state index >= 15 is 0 Å². The number of hydrogen-bond donors (Lipinski definition) is 2. The van der Waals surface area contributed by atoms with Crippen molar-refractivity contribution in [1.82, 2.24) is 5.32 Å². The summed E-state index contributed by atoms with van der Waals surface area (Å²) in [5.74, 6) is 1.79. The maximum atomic E-state index is 9.46. The lowest BCUT2D eigenvalue weighted by Gasteiger charge is -2.26. The Kier molecular flexibility index (Phi) is 7.01. The highest BCUT2D eigenvalue weighted by Gasteiger charge is 2.17. The van der Waals surface area contributed by atoms with E-state index in [1.165, 1.54) is 25.7 Å². The van der Waals surface area contributed by atoms with E-state index in [2.05, 4.69) is 12.2 Å². The maximum Gasteiger partial charge on any atom is 0.0785 e. The van der Waals surface area contributed by atoms with E-state index in [1.807, 2.05) is 0 Å². The van der Waals surface area contributed by atoms with Crippen molar-refractivity contribution in [2.24, 2.45) is 11.8 Å². The number of nitrogens with one attached hydrogen (secondary N) is 1. The highest BCUT2D eigenvalue weighted by molar-refractivity contribution is 4.72. The predicted molar refractivity (Wildman–Crippen MR) is 66.5 cm³/mol. The summed E-state index contributed by atoms with van der Waals surface area (Å²) in [5, 5.41) is 12.9. The monoisotopic (exact) mass is 229 g/mol. The molecular formula is C13H27NO2. The lowest BCUT2D eigenvalue weighted by Crippen LogP contribution is -2.29. The molecule has 1 saturated carbocycles. The molecule has 1 aliphatic rings. The normalized spacial score (nSPS) is 27.9. The minimum absolute atomic E-state index is 0.316. The molecule has 0 aromatic heterocycles. The summed E-state index contributed by atoms with van der Waals surface area (Å²) in [6.45, 7) is 4.82. The van der Waals surface area contributed by atoms with Gasteiger partial charge in [-0.1, -0.05) is 19.8 Å². The van der Waals surface area contributed by atoms with Crippen LogP contribution in [-0.4, -0.2) is 38.0 Å². The fraction of sp³-hybridized carbons (Fsp3) is 1.00. The van der Waals surface area contributed by atoms with Crippen LogP contribution < -0.4 is 5.32 Å². The number of hydrogen-bond acceptors (Lipinski definition) is 3. The molecule has 0 spiro atoms. The van der Waals surface area contributed by atoms with Crippen LogP contribution in [0, 0.1) is 11.8 Å². The average Bonchev–Trinajstić information content (AvgIpc) is 2.27. The Labute approximate surface area is 99.6 Å². The van der Waals surface area contributed by atoms with Gasteiger partial charge < -0.3 is 15.2 Å². The van der Waals surface area contributed by atoms with Crippen molar-refractivity contribution < 1.29 is 9.84 Å². The second-order valence-corrected chi connectivity index (χ2v) is 5.23. The smallest absolute Gasteiger partial charge is 0.0785 e. The third-order valence-corrected chi connectivity index (χ3v) is 3.58. The van der Waals surface area contributed by atoms with E-state index in [9.17, 15) is 5.11 Å². The van der Waals surface area contributed by atoms with Crippen molar-refractivity contribution in [3.05, 3.63) is 0 Å². The van der Waals surface area contributed by atoms with Crippen LogP contribution in [0.25, 0.3) is 0 Å². The van der Waals surface area contributed by atoms with E-state index in [0.717, 1.165) is 31.3 Å². The lowest BCUT2D eigenvalue weighted by molar-refractivity contribution is 0.0592. The summed E-state index contributed by atoms with van der Waals surface area (Å²) in [6, 6.07) is 0. The Morgan fingerprint density at radius 2 is 2.00 bits per heavy atom. The second kappa shape index (κ2) is 8.04. The molecule has 0 aromatic carbocycles. The molecule has 1 atom stereocenters. The summed E-state index contributed by atoms with van der Waals surface area (Å²) < 4.78 is 4.88. The molecule has 16 heavy (non-hydrogen) atoms. The first-order chi connectivity index (χ1) is 7.72. The second-order valence-electron chi connectivity index (χ2n) is 5.23. The van der Waals surface area contributed by atoms with Crippen molar-refractivity contribution in [3.63, 3.8) is 0 Å². The molecule has 0 radical (unpaired) electrons. The van der Waals surface area contributed by atoms with Gasteiger partial charge in [-0.25, -0.2) is 0 Å². The molecule has 0 aromatic rings. The molecule has 1 aliphatic carbocycles. The zero-order chi connectivity index (χ0) is 11.8. The van der Waals surface area contributed by atoms with Crippen LogP contribution in [0.15, 0.2) is 0 Å². The number of ether oxygens (including phenoxy) is 1. The lowest BCUT2D eigenvalue weighted by atomic mass is 9.83. The zero-order valence-corrected chi connectivity index (χ0v) is 10.7. The van der Waals surface area contributed by atoms with E-state index in [4.69, 9.17) is 4.74 Å². The van der Waals surface area contributed by atoms with E-state index in [0.29, 0.717) is 6.61 Å². The summed E-state index contributed by atoms with van der Waals surface area (Å²) in [6.07, 6.45) is 5.99. The number of rotatable bonds is 7. The number of aliphatic hydroxyl groups is 1. The third kappa shape index (κ3) is 5.83. The molecule has 0 amide bonds. The van der Waals surface area contributed by atoms with Gasteiger partial charge in [-0.15, -0.1) is 0 Å². The van der Waals surface area contributed by atoms with Gasteiger partial charge in [0, 0.05) is 7.11 Å². The van der Waals surface area contributed by atoms with Gasteiger partial charge in [-0.05, 0) is 44.2 Å². The van der Waals surface area contributed by atoms with Crippen LogP contribution >= 0.6 is 0 Å². The molecule has 0 bridgehead atoms. The SMILES string of the molecule is COCC(O)CCNCC1CCC(C)CC1. The molecule has 0 aliphatic heterocycles. The largest absolute Gasteiger partial charge is 0.391 e. The maximum absolute atomic E-state index is 9.46. The third-order valence-electron chi connectivity index (χ3n) is 3.58. The molecule has 3 nitrogen and oxygen atoms in total. The van der Waals surface area contributed by atoms with Gasteiger partial charge >= 0.3 is 0 Å². The predicted octanol–water partition coefficient (Wildman–Crippen LogP) is 1.80. The average molecular weight is 229 g/mol. The van der Waals surface area contributed by atoms with Gasteiger partial charge in [0.15, 0.2) is 0 Å². The van der Waals surface area contributed by atoms with Gasteiger partial charge in [0.1, 0.15) is 0 Å². The molecule has 3 heteroatoms. The van der Waals surface area contributed by atoms with Crippen LogP contribution in [0.2, 0.25) is 0 Å². The van der Waals surface area contributed by atoms with Gasteiger partial charge in [0.2, 0.25) is 0 Å². The van der Waals surface area contributed by atoms with Crippen LogP contribution in [-0.2, 0) is 4.74 Å². The summed E-state index contributed by atoms with van der Waals surface area (Å²) in [7, 11) is 1.62. The molecule has 2 N–H and O–H groups in total. The summed E-state index contributed by atoms with van der Waals surface area (Å²) in [4.78, 5) is 0. The van der Waals surface area contributed by atoms with E-state index < -0.39 is 0 Å². The Morgan fingerprint density at radius 1 is 1.31 bits per heavy atom. The fourth-order valence-electron chi connectivity index (χ4n) is 2.38. The minimum atomic E-state index is -0.316. The number of methoxy groups -OCH3 is 1. The van der Waals surface area contributed by atoms with Crippen molar-refractivity contribution in [1.29, 1.82) is 0 Å². The van der Waals surface area contributed by atoms with E-state index in [-0.39, 0.29) is 6.10 Å². The quantitative estimate of drug-likeness (QED) is 0.654. The highest BCUT2D eigenvalue weighted by Crippen LogP contribution is 2.27. The molecule has 96 valence electrons. The summed E-state index contributed by atoms with van der Waals surface area (Å²) >= 11 is 0. The van der Waals surface area contributed by atoms with Crippen LogP contribution in [0.1, 0.15) is 39.0 Å². The Balaban J connectivity index is 1.95. The Morgan fingerprint density at radius 3 is 2.62 bits per heavy atom. The van der Waals surface area contributed by atoms with Crippen molar-refractivity contribution in [2.75, 3.05) is 26.8 Å². The summed E-state index contributed by atoms with van der Waals surface area (Å²) in [5.41, 5.74) is 0. The standard InChI is InChI=1S/C13H27NO2/c1-11-3-5-12(6-4-11)9-14-8-7-13(15)10-16-2/h11-15H,3-10H2,1-2H3. The first-order valence-corrected chi connectivity index (χ1v) is 6.60. The first-order valence-electron chi connectivity index (χ1n) is 6.60. The molecule has 1 unspecified atom stereocenters. The zero-order valence-electron chi connectivity index (χ0n) is 10.7. The van der Waals surface area contributed by atoms with Gasteiger partial charge in [-0.3, -0.25) is 0 Å². The highest BCUT2D eigenvalue weighted by atomic mass is 16.5. The van der Waals surface area contributed by atoms with Crippen LogP contribution in [0.5, 0.6) is 0 Å². The van der Waals surface area contributed by atoms with Crippen molar-refractivity contribution in [2.45, 2.75) is 45.1 Å². The minimum Gasteiger partial charge on any atom is -0.391 e. The Hall–Kier alpha value is -0.120. The molecule has 1 rings (SSSR count).